The second-order valence-corrected chi connectivity index (χ2v) is 4.95. The van der Waals surface area contributed by atoms with Crippen LogP contribution in [0.15, 0.2) is 60.7 Å². The highest BCUT2D eigenvalue weighted by Crippen LogP contribution is 2.33. The second-order valence-electron chi connectivity index (χ2n) is 4.95. The average molecular weight is 274 g/mol. The van der Waals surface area contributed by atoms with Gasteiger partial charge in [0.15, 0.2) is 0 Å². The molecule has 0 fully saturated rings. The second kappa shape index (κ2) is 4.24. The number of fused-ring (bicyclic) bond motifs is 4. The third-order valence-electron chi connectivity index (χ3n) is 3.70. The molecule has 4 heteroatoms. The summed E-state index contributed by atoms with van der Waals surface area (Å²) in [5.74, 6) is 0. The maximum atomic E-state index is 11.4. The summed E-state index contributed by atoms with van der Waals surface area (Å²) in [5, 5.41) is 14.6. The van der Waals surface area contributed by atoms with E-state index in [1.165, 1.54) is 0 Å². The number of benzene rings is 3. The Morgan fingerprint density at radius 2 is 1.57 bits per heavy atom. The molecule has 0 bridgehead atoms. The van der Waals surface area contributed by atoms with E-state index in [9.17, 15) is 10.1 Å². The van der Waals surface area contributed by atoms with E-state index in [2.05, 4.69) is 4.98 Å². The molecule has 0 atom stereocenters. The van der Waals surface area contributed by atoms with Crippen LogP contribution >= 0.6 is 0 Å². The number of nitro benzene ring substituents is 1. The molecule has 0 unspecified atom stereocenters. The minimum atomic E-state index is -0.342. The van der Waals surface area contributed by atoms with Gasteiger partial charge in [-0.3, -0.25) is 10.1 Å². The number of aromatic nitrogens is 1. The van der Waals surface area contributed by atoms with E-state index in [4.69, 9.17) is 0 Å². The Kier molecular flexibility index (Phi) is 2.38. The number of non-ortho nitro benzene ring substituents is 1. The third-order valence-corrected chi connectivity index (χ3v) is 3.70. The standard InChI is InChI=1S/C17H10N2O2/c20-19(21)16-10-11-5-1-3-7-13(11)17-14(16)9-12-6-2-4-8-15(12)18-17/h1-10H. The number of hydrogen-bond acceptors (Lipinski definition) is 3. The highest BCUT2D eigenvalue weighted by Gasteiger charge is 2.16. The Morgan fingerprint density at radius 3 is 2.38 bits per heavy atom. The fourth-order valence-electron chi connectivity index (χ4n) is 2.73. The first kappa shape index (κ1) is 11.8. The monoisotopic (exact) mass is 274 g/mol. The van der Waals surface area contributed by atoms with E-state index in [1.807, 2.05) is 54.6 Å². The summed E-state index contributed by atoms with van der Waals surface area (Å²) >= 11 is 0. The molecule has 1 aromatic heterocycles. The molecular formula is C17H10N2O2. The van der Waals surface area contributed by atoms with Crippen molar-refractivity contribution >= 4 is 38.3 Å². The molecule has 0 aliphatic rings. The van der Waals surface area contributed by atoms with Gasteiger partial charge in [-0.2, -0.15) is 0 Å². The highest BCUT2D eigenvalue weighted by molar-refractivity contribution is 6.12. The highest BCUT2D eigenvalue weighted by atomic mass is 16.6. The van der Waals surface area contributed by atoms with Crippen molar-refractivity contribution in [3.63, 3.8) is 0 Å². The fourth-order valence-corrected chi connectivity index (χ4v) is 2.73. The summed E-state index contributed by atoms with van der Waals surface area (Å²) < 4.78 is 0. The summed E-state index contributed by atoms with van der Waals surface area (Å²) in [7, 11) is 0. The molecule has 0 amide bonds. The molecule has 0 aliphatic heterocycles. The average Bonchev–Trinajstić information content (AvgIpc) is 2.52. The molecule has 0 saturated carbocycles. The molecule has 1 heterocycles. The van der Waals surface area contributed by atoms with Gasteiger partial charge < -0.3 is 0 Å². The van der Waals surface area contributed by atoms with Crippen LogP contribution in [-0.4, -0.2) is 9.91 Å². The van der Waals surface area contributed by atoms with Gasteiger partial charge in [-0.1, -0.05) is 42.5 Å². The molecule has 0 N–H and O–H groups in total. The molecule has 4 aromatic rings. The summed E-state index contributed by atoms with van der Waals surface area (Å²) in [6, 6.07) is 18.7. The van der Waals surface area contributed by atoms with Crippen molar-refractivity contribution in [2.24, 2.45) is 0 Å². The van der Waals surface area contributed by atoms with E-state index >= 15 is 0 Å². The van der Waals surface area contributed by atoms with E-state index < -0.39 is 0 Å². The zero-order valence-corrected chi connectivity index (χ0v) is 11.0. The van der Waals surface area contributed by atoms with Gasteiger partial charge in [0.1, 0.15) is 0 Å². The van der Waals surface area contributed by atoms with Crippen LogP contribution in [0, 0.1) is 10.1 Å². The van der Waals surface area contributed by atoms with Gasteiger partial charge in [-0.05, 0) is 17.5 Å². The van der Waals surface area contributed by atoms with Crippen molar-refractivity contribution < 1.29 is 4.92 Å². The molecule has 3 aromatic carbocycles. The van der Waals surface area contributed by atoms with Gasteiger partial charge in [0.2, 0.25) is 0 Å². The normalized spacial score (nSPS) is 11.2. The van der Waals surface area contributed by atoms with Crippen LogP contribution in [0.3, 0.4) is 0 Å². The first-order valence-electron chi connectivity index (χ1n) is 6.60. The molecule has 0 saturated heterocycles. The lowest BCUT2D eigenvalue weighted by atomic mass is 10.0. The summed E-state index contributed by atoms with van der Waals surface area (Å²) in [6.45, 7) is 0. The first-order valence-corrected chi connectivity index (χ1v) is 6.60. The van der Waals surface area contributed by atoms with E-state index in [1.54, 1.807) is 6.07 Å². The predicted molar refractivity (Wildman–Crippen MR) is 83.4 cm³/mol. The quantitative estimate of drug-likeness (QED) is 0.223. The molecule has 100 valence electrons. The van der Waals surface area contributed by atoms with Gasteiger partial charge >= 0.3 is 0 Å². The summed E-state index contributed by atoms with van der Waals surface area (Å²) in [6.07, 6.45) is 0. The zero-order valence-electron chi connectivity index (χ0n) is 11.0. The van der Waals surface area contributed by atoms with Crippen molar-refractivity contribution in [1.82, 2.24) is 4.98 Å². The van der Waals surface area contributed by atoms with Gasteiger partial charge in [0.25, 0.3) is 5.69 Å². The number of nitrogens with zero attached hydrogens (tertiary/aromatic N) is 2. The van der Waals surface area contributed by atoms with Gasteiger partial charge in [-0.15, -0.1) is 0 Å². The Balaban J connectivity index is 2.30. The SMILES string of the molecule is O=[N+]([O-])c1cc2ccccc2c2nc3ccccc3cc12. The molecule has 4 nitrogen and oxygen atoms in total. The molecule has 21 heavy (non-hydrogen) atoms. The number of para-hydroxylation sites is 1. The number of pyridine rings is 1. The summed E-state index contributed by atoms with van der Waals surface area (Å²) in [5.41, 5.74) is 1.62. The van der Waals surface area contributed by atoms with Crippen LogP contribution in [0.4, 0.5) is 5.69 Å². The minimum absolute atomic E-state index is 0.0990. The van der Waals surface area contributed by atoms with E-state index in [0.717, 1.165) is 21.7 Å². The van der Waals surface area contributed by atoms with Crippen LogP contribution in [-0.2, 0) is 0 Å². The Labute approximate surface area is 119 Å². The molecular weight excluding hydrogens is 264 g/mol. The minimum Gasteiger partial charge on any atom is -0.258 e. The molecule has 4 rings (SSSR count). The van der Waals surface area contributed by atoms with Crippen molar-refractivity contribution in [2.75, 3.05) is 0 Å². The van der Waals surface area contributed by atoms with Crippen LogP contribution in [0.1, 0.15) is 0 Å². The van der Waals surface area contributed by atoms with Crippen LogP contribution in [0.2, 0.25) is 0 Å². The number of rotatable bonds is 1. The van der Waals surface area contributed by atoms with Crippen molar-refractivity contribution in [2.45, 2.75) is 0 Å². The van der Waals surface area contributed by atoms with Crippen molar-refractivity contribution in [3.05, 3.63) is 70.8 Å². The van der Waals surface area contributed by atoms with Crippen LogP contribution in [0.25, 0.3) is 32.6 Å². The largest absolute Gasteiger partial charge is 0.279 e. The lowest BCUT2D eigenvalue weighted by Crippen LogP contribution is -1.93. The fraction of sp³-hybridized carbons (Fsp3) is 0. The number of hydrogen-bond donors (Lipinski definition) is 0. The van der Waals surface area contributed by atoms with Crippen LogP contribution in [0.5, 0.6) is 0 Å². The van der Waals surface area contributed by atoms with E-state index in [-0.39, 0.29) is 10.6 Å². The van der Waals surface area contributed by atoms with Crippen molar-refractivity contribution in [1.29, 1.82) is 0 Å². The molecule has 0 aliphatic carbocycles. The lowest BCUT2D eigenvalue weighted by Gasteiger charge is -2.06. The zero-order chi connectivity index (χ0) is 14.4. The van der Waals surface area contributed by atoms with Gasteiger partial charge in [0.05, 0.1) is 21.3 Å². The Morgan fingerprint density at radius 1 is 0.857 bits per heavy atom. The Hall–Kier alpha value is -3.01. The molecule has 0 radical (unpaired) electrons. The van der Waals surface area contributed by atoms with Gasteiger partial charge in [-0.25, -0.2) is 4.98 Å². The maximum Gasteiger partial charge on any atom is 0.279 e. The molecule has 0 spiro atoms. The number of nitro groups is 1. The van der Waals surface area contributed by atoms with E-state index in [0.29, 0.717) is 10.9 Å². The lowest BCUT2D eigenvalue weighted by molar-refractivity contribution is -0.382. The van der Waals surface area contributed by atoms with Crippen molar-refractivity contribution in [3.8, 4) is 0 Å². The predicted octanol–water partition coefficient (Wildman–Crippen LogP) is 4.45. The topological polar surface area (TPSA) is 56.0 Å². The maximum absolute atomic E-state index is 11.4. The smallest absolute Gasteiger partial charge is 0.258 e. The third kappa shape index (κ3) is 1.73. The Bertz CT molecular complexity index is 1020. The van der Waals surface area contributed by atoms with Gasteiger partial charge in [0, 0.05) is 16.8 Å². The first-order chi connectivity index (χ1) is 10.2. The summed E-state index contributed by atoms with van der Waals surface area (Å²) in [4.78, 5) is 15.7. The van der Waals surface area contributed by atoms with Crippen LogP contribution < -0.4 is 0 Å².